The molecule has 5 nitrogen and oxygen atoms in total. The fraction of sp³-hybridized carbons (Fsp3) is 0.357. The number of hydrogen-bond donors (Lipinski definition) is 1. The maximum atomic E-state index is 13.7. The number of carbonyl (C=O) groups is 1. The number of para-hydroxylation sites is 1. The summed E-state index contributed by atoms with van der Waals surface area (Å²) in [5.41, 5.74) is 0.241. The fourth-order valence-electron chi connectivity index (χ4n) is 1.65. The van der Waals surface area contributed by atoms with Crippen molar-refractivity contribution in [2.45, 2.75) is 13.3 Å². The number of benzene rings is 1. The molecule has 21 heavy (non-hydrogen) atoms. The number of sulfone groups is 1. The van der Waals surface area contributed by atoms with Crippen molar-refractivity contribution >= 4 is 21.9 Å². The molecule has 7 heteroatoms. The van der Waals surface area contributed by atoms with Gasteiger partial charge < -0.3 is 9.84 Å². The molecule has 0 aliphatic heterocycles. The minimum atomic E-state index is -3.21. The predicted molar refractivity (Wildman–Crippen MR) is 77.5 cm³/mol. The van der Waals surface area contributed by atoms with Crippen molar-refractivity contribution in [3.8, 4) is 5.75 Å². The van der Waals surface area contributed by atoms with Crippen LogP contribution in [0.5, 0.6) is 5.75 Å². The summed E-state index contributed by atoms with van der Waals surface area (Å²) in [7, 11) is -3.21. The van der Waals surface area contributed by atoms with Gasteiger partial charge >= 0.3 is 5.97 Å². The van der Waals surface area contributed by atoms with Crippen LogP contribution < -0.4 is 4.74 Å². The molecule has 1 N–H and O–H groups in total. The smallest absolute Gasteiger partial charge is 0.328 e. The van der Waals surface area contributed by atoms with Crippen molar-refractivity contribution in [3.63, 3.8) is 0 Å². The molecule has 1 aromatic carbocycles. The molecular formula is C14H17FO5S. The van der Waals surface area contributed by atoms with Crippen LogP contribution in [0.25, 0.3) is 6.08 Å². The van der Waals surface area contributed by atoms with E-state index < -0.39 is 21.6 Å². The first-order valence-electron chi connectivity index (χ1n) is 6.38. The zero-order valence-corrected chi connectivity index (χ0v) is 12.4. The van der Waals surface area contributed by atoms with Crippen LogP contribution >= 0.6 is 0 Å². The summed E-state index contributed by atoms with van der Waals surface area (Å²) in [6, 6.07) is 4.06. The molecule has 0 spiro atoms. The predicted octanol–water partition coefficient (Wildman–Crippen LogP) is 2.13. The van der Waals surface area contributed by atoms with E-state index in [1.165, 1.54) is 18.2 Å². The molecular weight excluding hydrogens is 299 g/mol. The van der Waals surface area contributed by atoms with Gasteiger partial charge in [-0.2, -0.15) is 0 Å². The van der Waals surface area contributed by atoms with Gasteiger partial charge in [-0.3, -0.25) is 0 Å². The molecule has 0 fully saturated rings. The number of halogens is 1. The number of hydrogen-bond acceptors (Lipinski definition) is 4. The average molecular weight is 316 g/mol. The van der Waals surface area contributed by atoms with Crippen LogP contribution in [-0.2, 0) is 14.6 Å². The Bertz CT molecular complexity index is 622. The highest BCUT2D eigenvalue weighted by atomic mass is 32.2. The van der Waals surface area contributed by atoms with Gasteiger partial charge in [0.1, 0.15) is 6.61 Å². The van der Waals surface area contributed by atoms with Gasteiger partial charge in [0.2, 0.25) is 0 Å². The molecule has 0 saturated carbocycles. The summed E-state index contributed by atoms with van der Waals surface area (Å²) in [5, 5.41) is 8.58. The highest BCUT2D eigenvalue weighted by Gasteiger charge is 2.12. The average Bonchev–Trinajstić information content (AvgIpc) is 2.38. The first-order chi connectivity index (χ1) is 9.85. The third kappa shape index (κ3) is 5.95. The van der Waals surface area contributed by atoms with Crippen molar-refractivity contribution in [3.05, 3.63) is 35.7 Å². The van der Waals surface area contributed by atoms with Crippen molar-refractivity contribution in [2.75, 3.05) is 18.1 Å². The monoisotopic (exact) mass is 316 g/mol. The summed E-state index contributed by atoms with van der Waals surface area (Å²) >= 11 is 0. The van der Waals surface area contributed by atoms with Crippen LogP contribution in [-0.4, -0.2) is 37.6 Å². The standard InChI is InChI=1S/C14H17FO5S/c1-2-9-21(18,19)10-8-20-14-11(6-7-13(16)17)4-3-5-12(14)15/h3-7H,2,8-10H2,1H3,(H,16,17)/b7-6+. The summed E-state index contributed by atoms with van der Waals surface area (Å²) in [4.78, 5) is 10.5. The molecule has 0 aromatic heterocycles. The minimum absolute atomic E-state index is 0.0550. The van der Waals surface area contributed by atoms with E-state index in [9.17, 15) is 17.6 Å². The van der Waals surface area contributed by atoms with E-state index in [0.29, 0.717) is 6.42 Å². The maximum absolute atomic E-state index is 13.7. The highest BCUT2D eigenvalue weighted by Crippen LogP contribution is 2.24. The summed E-state index contributed by atoms with van der Waals surface area (Å²) in [5.74, 6) is -2.15. The van der Waals surface area contributed by atoms with E-state index in [1.807, 2.05) is 0 Å². The first-order valence-corrected chi connectivity index (χ1v) is 8.20. The van der Waals surface area contributed by atoms with Crippen LogP contribution in [0.2, 0.25) is 0 Å². The topological polar surface area (TPSA) is 80.7 Å². The summed E-state index contributed by atoms with van der Waals surface area (Å²) in [6.45, 7) is 1.57. The minimum Gasteiger partial charge on any atom is -0.489 e. The Hall–Kier alpha value is -1.89. The van der Waals surface area contributed by atoms with Gasteiger partial charge in [-0.15, -0.1) is 0 Å². The Morgan fingerprint density at radius 2 is 2.10 bits per heavy atom. The molecule has 0 unspecified atom stereocenters. The van der Waals surface area contributed by atoms with E-state index in [0.717, 1.165) is 12.1 Å². The molecule has 0 bridgehead atoms. The van der Waals surface area contributed by atoms with Gasteiger partial charge in [-0.1, -0.05) is 19.1 Å². The molecule has 116 valence electrons. The van der Waals surface area contributed by atoms with Crippen LogP contribution in [0.15, 0.2) is 24.3 Å². The first kappa shape index (κ1) is 17.2. The Kier molecular flexibility index (Phi) is 6.36. The second kappa shape index (κ2) is 7.78. The SMILES string of the molecule is CCCS(=O)(=O)CCOc1c(F)cccc1/C=C/C(=O)O. The van der Waals surface area contributed by atoms with E-state index in [-0.39, 0.29) is 29.4 Å². The second-order valence-corrected chi connectivity index (χ2v) is 6.63. The number of ether oxygens (including phenoxy) is 1. The second-order valence-electron chi connectivity index (χ2n) is 4.33. The van der Waals surface area contributed by atoms with E-state index >= 15 is 0 Å². The Morgan fingerprint density at radius 3 is 2.71 bits per heavy atom. The number of rotatable bonds is 8. The highest BCUT2D eigenvalue weighted by molar-refractivity contribution is 7.91. The van der Waals surface area contributed by atoms with Gasteiger partial charge in [-0.05, 0) is 18.6 Å². The third-order valence-corrected chi connectivity index (χ3v) is 4.38. The molecule has 1 rings (SSSR count). The largest absolute Gasteiger partial charge is 0.489 e. The zero-order valence-electron chi connectivity index (χ0n) is 11.6. The molecule has 0 aliphatic rings. The fourth-order valence-corrected chi connectivity index (χ4v) is 2.82. The number of carboxylic acids is 1. The van der Waals surface area contributed by atoms with E-state index in [1.54, 1.807) is 6.92 Å². The molecule has 0 atom stereocenters. The van der Waals surface area contributed by atoms with Gasteiger partial charge in [0.05, 0.1) is 11.5 Å². The number of aliphatic carboxylic acids is 1. The van der Waals surface area contributed by atoms with Crippen LogP contribution in [0, 0.1) is 5.82 Å². The lowest BCUT2D eigenvalue weighted by Crippen LogP contribution is -2.17. The van der Waals surface area contributed by atoms with E-state index in [2.05, 4.69) is 0 Å². The maximum Gasteiger partial charge on any atom is 0.328 e. The van der Waals surface area contributed by atoms with Crippen LogP contribution in [0.4, 0.5) is 4.39 Å². The molecule has 0 saturated heterocycles. The van der Waals surface area contributed by atoms with Gasteiger partial charge in [0, 0.05) is 11.6 Å². The van der Waals surface area contributed by atoms with Crippen molar-refractivity contribution in [2.24, 2.45) is 0 Å². The van der Waals surface area contributed by atoms with Gasteiger partial charge in [0.25, 0.3) is 0 Å². The van der Waals surface area contributed by atoms with E-state index in [4.69, 9.17) is 9.84 Å². The molecule has 0 aliphatic carbocycles. The van der Waals surface area contributed by atoms with Crippen molar-refractivity contribution < 1.29 is 27.4 Å². The lowest BCUT2D eigenvalue weighted by Gasteiger charge is -2.10. The molecule has 1 aromatic rings. The lowest BCUT2D eigenvalue weighted by molar-refractivity contribution is -0.131. The third-order valence-electron chi connectivity index (χ3n) is 2.56. The Morgan fingerprint density at radius 1 is 1.38 bits per heavy atom. The molecule has 0 heterocycles. The lowest BCUT2D eigenvalue weighted by atomic mass is 10.2. The van der Waals surface area contributed by atoms with Crippen molar-refractivity contribution in [1.82, 2.24) is 0 Å². The van der Waals surface area contributed by atoms with Crippen LogP contribution in [0.1, 0.15) is 18.9 Å². The normalized spacial score (nSPS) is 11.7. The van der Waals surface area contributed by atoms with Crippen molar-refractivity contribution in [1.29, 1.82) is 0 Å². The molecule has 0 radical (unpaired) electrons. The quantitative estimate of drug-likeness (QED) is 0.743. The summed E-state index contributed by atoms with van der Waals surface area (Å²) < 4.78 is 42.0. The Labute approximate surface area is 123 Å². The van der Waals surface area contributed by atoms with Gasteiger partial charge in [-0.25, -0.2) is 17.6 Å². The zero-order chi connectivity index (χ0) is 15.9. The summed E-state index contributed by atoms with van der Waals surface area (Å²) in [6.07, 6.45) is 2.56. The van der Waals surface area contributed by atoms with Gasteiger partial charge in [0.15, 0.2) is 21.4 Å². The Balaban J connectivity index is 2.81. The van der Waals surface area contributed by atoms with Crippen LogP contribution in [0.3, 0.4) is 0 Å². The number of carboxylic acid groups (broad SMARTS) is 1. The molecule has 0 amide bonds.